The predicted octanol–water partition coefficient (Wildman–Crippen LogP) is 6.50. The average Bonchev–Trinajstić information content (AvgIpc) is 3.65. The van der Waals surface area contributed by atoms with Gasteiger partial charge >= 0.3 is 0 Å². The number of nitrogens with zero attached hydrogens (tertiary/aromatic N) is 5. The Kier molecular flexibility index (Phi) is 7.47. The lowest BCUT2D eigenvalue weighted by Crippen LogP contribution is -2.26. The fraction of sp³-hybridized carbons (Fsp3) is 0.121. The van der Waals surface area contributed by atoms with Gasteiger partial charge in [-0.15, -0.1) is 11.3 Å². The summed E-state index contributed by atoms with van der Waals surface area (Å²) in [6.45, 7) is 0.647. The Labute approximate surface area is 241 Å². The number of carbonyl (C=O) groups excluding carboxylic acids is 2. The van der Waals surface area contributed by atoms with Gasteiger partial charge in [-0.05, 0) is 66.6 Å². The molecule has 0 unspecified atom stereocenters. The van der Waals surface area contributed by atoms with Crippen molar-refractivity contribution in [3.63, 3.8) is 0 Å². The number of Topliss-reactive ketones (excluding diaryl/α,β-unsaturated/α-hetero) is 1. The molecule has 41 heavy (non-hydrogen) atoms. The highest BCUT2D eigenvalue weighted by Crippen LogP contribution is 2.29. The lowest BCUT2D eigenvalue weighted by Gasteiger charge is -2.17. The molecule has 2 aromatic carbocycles. The topological polar surface area (TPSA) is 81.0 Å². The first-order valence-electron chi connectivity index (χ1n) is 13.3. The van der Waals surface area contributed by atoms with Crippen molar-refractivity contribution in [3.8, 4) is 10.4 Å². The molecule has 0 fully saturated rings. The number of thiophene rings is 1. The van der Waals surface area contributed by atoms with Gasteiger partial charge in [-0.25, -0.2) is 4.98 Å². The standard InChI is InChI=1S/C33H27N5O2S/c1-37(33(40)24-8-3-2-4-9-24)26-11-12-28-27(19-26)36-32(38(28)18-15-23-7-5-16-34-21-23)20-29(39)31-14-13-30(41-31)25-10-6-17-35-22-25/h2-14,16-17,19,21-22H,15,18,20H2,1H3. The maximum atomic E-state index is 13.5. The van der Waals surface area contributed by atoms with Gasteiger partial charge in [0, 0.05) is 60.1 Å². The number of anilines is 1. The Morgan fingerprint density at radius 2 is 1.68 bits per heavy atom. The molecule has 7 nitrogen and oxygen atoms in total. The Morgan fingerprint density at radius 3 is 2.44 bits per heavy atom. The van der Waals surface area contributed by atoms with E-state index < -0.39 is 0 Å². The number of aryl methyl sites for hydroxylation is 2. The van der Waals surface area contributed by atoms with Crippen molar-refractivity contribution in [3.05, 3.63) is 132 Å². The molecule has 0 aliphatic carbocycles. The highest BCUT2D eigenvalue weighted by Gasteiger charge is 2.19. The minimum Gasteiger partial charge on any atom is -0.327 e. The van der Waals surface area contributed by atoms with E-state index in [9.17, 15) is 9.59 Å². The molecule has 0 radical (unpaired) electrons. The van der Waals surface area contributed by atoms with Gasteiger partial charge in [0.25, 0.3) is 5.91 Å². The van der Waals surface area contributed by atoms with Crippen LogP contribution >= 0.6 is 11.3 Å². The molecule has 0 bridgehead atoms. The molecule has 8 heteroatoms. The second-order valence-corrected chi connectivity index (χ2v) is 10.8. The molecule has 0 spiro atoms. The molecular weight excluding hydrogens is 530 g/mol. The zero-order chi connectivity index (χ0) is 28.2. The molecule has 4 aromatic heterocycles. The Bertz CT molecular complexity index is 1810. The molecule has 0 atom stereocenters. The van der Waals surface area contributed by atoms with E-state index in [4.69, 9.17) is 4.98 Å². The highest BCUT2D eigenvalue weighted by atomic mass is 32.1. The predicted molar refractivity (Wildman–Crippen MR) is 162 cm³/mol. The summed E-state index contributed by atoms with van der Waals surface area (Å²) in [5.74, 6) is 0.609. The van der Waals surface area contributed by atoms with Crippen LogP contribution in [0.2, 0.25) is 0 Å². The first-order valence-corrected chi connectivity index (χ1v) is 14.1. The summed E-state index contributed by atoms with van der Waals surface area (Å²) in [5, 5.41) is 0. The van der Waals surface area contributed by atoms with Crippen molar-refractivity contribution >= 4 is 39.7 Å². The summed E-state index contributed by atoms with van der Waals surface area (Å²) in [6.07, 6.45) is 8.07. The van der Waals surface area contributed by atoms with Crippen LogP contribution in [0.3, 0.4) is 0 Å². The van der Waals surface area contributed by atoms with Crippen LogP contribution in [0, 0.1) is 0 Å². The minimum atomic E-state index is -0.0986. The number of carbonyl (C=O) groups is 2. The van der Waals surface area contributed by atoms with E-state index in [0.717, 1.165) is 39.1 Å². The zero-order valence-electron chi connectivity index (χ0n) is 22.5. The first kappa shape index (κ1) is 26.3. The van der Waals surface area contributed by atoms with Crippen LogP contribution in [-0.2, 0) is 19.4 Å². The molecule has 0 aliphatic rings. The summed E-state index contributed by atoms with van der Waals surface area (Å²) in [6, 6.07) is 26.7. The normalized spacial score (nSPS) is 11.0. The number of pyridine rings is 2. The van der Waals surface area contributed by atoms with Crippen molar-refractivity contribution in [2.24, 2.45) is 0 Å². The van der Waals surface area contributed by atoms with Gasteiger partial charge in [0.15, 0.2) is 5.78 Å². The number of imidazole rings is 1. The van der Waals surface area contributed by atoms with Gasteiger partial charge < -0.3 is 9.47 Å². The van der Waals surface area contributed by atoms with Gasteiger partial charge in [-0.1, -0.05) is 30.3 Å². The number of amides is 1. The highest BCUT2D eigenvalue weighted by molar-refractivity contribution is 7.17. The van der Waals surface area contributed by atoms with Gasteiger partial charge in [0.05, 0.1) is 22.3 Å². The van der Waals surface area contributed by atoms with Crippen LogP contribution in [0.4, 0.5) is 5.69 Å². The third-order valence-corrected chi connectivity index (χ3v) is 8.19. The SMILES string of the molecule is CN(C(=O)c1ccccc1)c1ccc2c(c1)nc(CC(=O)c1ccc(-c3cccnc3)s1)n2CCc1cccnc1. The monoisotopic (exact) mass is 557 g/mol. The Morgan fingerprint density at radius 1 is 0.878 bits per heavy atom. The number of rotatable bonds is 9. The van der Waals surface area contributed by atoms with Crippen molar-refractivity contribution in [2.75, 3.05) is 11.9 Å². The molecule has 6 aromatic rings. The third-order valence-electron chi connectivity index (χ3n) is 7.02. The number of aromatic nitrogens is 4. The van der Waals surface area contributed by atoms with Gasteiger partial charge in [-0.3, -0.25) is 19.6 Å². The molecule has 6 rings (SSSR count). The zero-order valence-corrected chi connectivity index (χ0v) is 23.3. The van der Waals surface area contributed by atoms with Crippen LogP contribution in [0.5, 0.6) is 0 Å². The second kappa shape index (κ2) is 11.7. The van der Waals surface area contributed by atoms with E-state index >= 15 is 0 Å². The molecule has 0 aliphatic heterocycles. The summed E-state index contributed by atoms with van der Waals surface area (Å²) >= 11 is 1.46. The lowest BCUT2D eigenvalue weighted by atomic mass is 10.2. The first-order chi connectivity index (χ1) is 20.1. The van der Waals surface area contributed by atoms with Crippen LogP contribution in [0.25, 0.3) is 21.5 Å². The van der Waals surface area contributed by atoms with Crippen LogP contribution in [0.1, 0.15) is 31.4 Å². The smallest absolute Gasteiger partial charge is 0.258 e. The molecule has 4 heterocycles. The van der Waals surface area contributed by atoms with Crippen LogP contribution in [0.15, 0.2) is 110 Å². The van der Waals surface area contributed by atoms with Crippen molar-refractivity contribution in [1.29, 1.82) is 0 Å². The lowest BCUT2D eigenvalue weighted by molar-refractivity contribution is 0.0985. The largest absolute Gasteiger partial charge is 0.327 e. The number of hydrogen-bond acceptors (Lipinski definition) is 6. The van der Waals surface area contributed by atoms with E-state index in [1.165, 1.54) is 11.3 Å². The van der Waals surface area contributed by atoms with E-state index in [0.29, 0.717) is 22.8 Å². The number of benzene rings is 2. The fourth-order valence-corrected chi connectivity index (χ4v) is 5.76. The van der Waals surface area contributed by atoms with Crippen LogP contribution in [-0.4, -0.2) is 38.3 Å². The van der Waals surface area contributed by atoms with E-state index in [1.807, 2.05) is 79.0 Å². The van der Waals surface area contributed by atoms with Gasteiger partial charge in [0.1, 0.15) is 5.82 Å². The third kappa shape index (κ3) is 5.69. The Hall–Kier alpha value is -4.95. The summed E-state index contributed by atoms with van der Waals surface area (Å²) in [7, 11) is 1.76. The number of ketones is 1. The van der Waals surface area contributed by atoms with Crippen LogP contribution < -0.4 is 4.90 Å². The number of hydrogen-bond donors (Lipinski definition) is 0. The van der Waals surface area contributed by atoms with Crippen molar-refractivity contribution in [2.45, 2.75) is 19.4 Å². The van der Waals surface area contributed by atoms with Crippen molar-refractivity contribution < 1.29 is 9.59 Å². The Balaban J connectivity index is 1.31. The van der Waals surface area contributed by atoms with E-state index in [1.54, 1.807) is 42.7 Å². The van der Waals surface area contributed by atoms with Gasteiger partial charge in [-0.2, -0.15) is 0 Å². The number of fused-ring (bicyclic) bond motifs is 1. The molecule has 0 N–H and O–H groups in total. The van der Waals surface area contributed by atoms with Gasteiger partial charge in [0.2, 0.25) is 0 Å². The summed E-state index contributed by atoms with van der Waals surface area (Å²) in [4.78, 5) is 43.2. The minimum absolute atomic E-state index is 0.0136. The molecule has 0 saturated heterocycles. The second-order valence-electron chi connectivity index (χ2n) is 9.70. The maximum Gasteiger partial charge on any atom is 0.258 e. The summed E-state index contributed by atoms with van der Waals surface area (Å²) in [5.41, 5.74) is 5.11. The molecule has 202 valence electrons. The maximum absolute atomic E-state index is 13.5. The summed E-state index contributed by atoms with van der Waals surface area (Å²) < 4.78 is 2.11. The van der Waals surface area contributed by atoms with E-state index in [2.05, 4.69) is 14.5 Å². The van der Waals surface area contributed by atoms with E-state index in [-0.39, 0.29) is 18.1 Å². The fourth-order valence-electron chi connectivity index (χ4n) is 4.82. The molecular formula is C33H27N5O2S. The quantitative estimate of drug-likeness (QED) is 0.190. The molecule has 1 amide bonds. The molecule has 0 saturated carbocycles. The average molecular weight is 558 g/mol. The van der Waals surface area contributed by atoms with Crippen molar-refractivity contribution in [1.82, 2.24) is 19.5 Å².